The van der Waals surface area contributed by atoms with E-state index in [-0.39, 0.29) is 18.5 Å². The average Bonchev–Trinajstić information content (AvgIpc) is 3.36. The first-order chi connectivity index (χ1) is 34.5. The van der Waals surface area contributed by atoms with E-state index >= 15 is 0 Å². The number of hydrogen-bond donors (Lipinski definition) is 3. The van der Waals surface area contributed by atoms with Crippen molar-refractivity contribution < 1.29 is 24.5 Å². The van der Waals surface area contributed by atoms with E-state index < -0.39 is 12.1 Å². The maximum atomic E-state index is 12.5. The smallest absolute Gasteiger partial charge is 0.305 e. The van der Waals surface area contributed by atoms with Crippen LogP contribution in [0.25, 0.3) is 0 Å². The van der Waals surface area contributed by atoms with Crippen molar-refractivity contribution in [3.63, 3.8) is 0 Å². The van der Waals surface area contributed by atoms with E-state index in [1.54, 1.807) is 6.08 Å². The van der Waals surface area contributed by atoms with E-state index in [2.05, 4.69) is 55.6 Å². The third kappa shape index (κ3) is 55.1. The summed E-state index contributed by atoms with van der Waals surface area (Å²) in [5.74, 6) is -0.107. The molecular formula is C64H119NO5. The number of amides is 1. The van der Waals surface area contributed by atoms with Crippen LogP contribution in [0.2, 0.25) is 0 Å². The van der Waals surface area contributed by atoms with Crippen molar-refractivity contribution >= 4 is 11.9 Å². The largest absolute Gasteiger partial charge is 0.466 e. The number of aliphatic hydroxyl groups is 2. The van der Waals surface area contributed by atoms with Gasteiger partial charge in [0.05, 0.1) is 25.4 Å². The Kier molecular flexibility index (Phi) is 57.5. The van der Waals surface area contributed by atoms with Gasteiger partial charge in [-0.15, -0.1) is 0 Å². The second-order valence-corrected chi connectivity index (χ2v) is 21.0. The van der Waals surface area contributed by atoms with Gasteiger partial charge in [0.25, 0.3) is 0 Å². The van der Waals surface area contributed by atoms with E-state index in [1.165, 1.54) is 212 Å². The van der Waals surface area contributed by atoms with Crippen LogP contribution in [0.15, 0.2) is 48.6 Å². The lowest BCUT2D eigenvalue weighted by Gasteiger charge is -2.20. The Morgan fingerprint density at radius 3 is 1.11 bits per heavy atom. The first-order valence-corrected chi connectivity index (χ1v) is 30.9. The predicted molar refractivity (Wildman–Crippen MR) is 306 cm³/mol. The maximum Gasteiger partial charge on any atom is 0.305 e. The highest BCUT2D eigenvalue weighted by Gasteiger charge is 2.18. The van der Waals surface area contributed by atoms with Crippen molar-refractivity contribution in [2.45, 2.75) is 334 Å². The SMILES string of the molecule is CCCCCC/C=C\C/C=C\CCCCCCCC(=O)OCCCCCC/C=C\CCCCCCCCCC(=O)NC(CO)C(O)/C=C/CCCCCCCCCCCCCCCCCCCCCC. The Balaban J connectivity index is 3.51. The third-order valence-electron chi connectivity index (χ3n) is 14.1. The van der Waals surface area contributed by atoms with Gasteiger partial charge in [0.1, 0.15) is 0 Å². The fourth-order valence-electron chi connectivity index (χ4n) is 9.31. The van der Waals surface area contributed by atoms with Crippen molar-refractivity contribution in [3.05, 3.63) is 48.6 Å². The quantitative estimate of drug-likeness (QED) is 0.0321. The Hall–Kier alpha value is -2.18. The summed E-state index contributed by atoms with van der Waals surface area (Å²) >= 11 is 0. The molecule has 1 amide bonds. The Morgan fingerprint density at radius 2 is 0.714 bits per heavy atom. The first kappa shape index (κ1) is 67.8. The van der Waals surface area contributed by atoms with Crippen LogP contribution in [-0.4, -0.2) is 47.4 Å². The number of esters is 1. The summed E-state index contributed by atoms with van der Waals surface area (Å²) in [5.41, 5.74) is 0. The second-order valence-electron chi connectivity index (χ2n) is 21.0. The molecule has 0 aromatic rings. The monoisotopic (exact) mass is 982 g/mol. The molecule has 0 bridgehead atoms. The second kappa shape index (κ2) is 59.4. The van der Waals surface area contributed by atoms with Gasteiger partial charge in [-0.3, -0.25) is 9.59 Å². The van der Waals surface area contributed by atoms with Crippen LogP contribution in [0, 0.1) is 0 Å². The molecule has 0 saturated carbocycles. The molecule has 6 nitrogen and oxygen atoms in total. The van der Waals surface area contributed by atoms with Crippen LogP contribution in [-0.2, 0) is 14.3 Å². The molecule has 0 saturated heterocycles. The number of allylic oxidation sites excluding steroid dienone is 7. The molecule has 3 N–H and O–H groups in total. The molecule has 0 aromatic carbocycles. The molecule has 0 heterocycles. The summed E-state index contributed by atoms with van der Waals surface area (Å²) in [6.07, 6.45) is 75.7. The lowest BCUT2D eigenvalue weighted by atomic mass is 10.0. The van der Waals surface area contributed by atoms with Crippen LogP contribution in [0.3, 0.4) is 0 Å². The zero-order valence-electron chi connectivity index (χ0n) is 46.7. The molecule has 0 rings (SSSR count). The van der Waals surface area contributed by atoms with Gasteiger partial charge >= 0.3 is 5.97 Å². The minimum atomic E-state index is -0.857. The van der Waals surface area contributed by atoms with Crippen molar-refractivity contribution in [1.82, 2.24) is 5.32 Å². The lowest BCUT2D eigenvalue weighted by molar-refractivity contribution is -0.143. The summed E-state index contributed by atoms with van der Waals surface area (Å²) in [5, 5.41) is 23.2. The summed E-state index contributed by atoms with van der Waals surface area (Å²) in [6, 6.07) is -0.642. The highest BCUT2D eigenvalue weighted by Crippen LogP contribution is 2.17. The molecule has 410 valence electrons. The van der Waals surface area contributed by atoms with Crippen molar-refractivity contribution in [2.24, 2.45) is 0 Å². The number of carbonyl (C=O) groups is 2. The first-order valence-electron chi connectivity index (χ1n) is 30.9. The number of aliphatic hydroxyl groups excluding tert-OH is 2. The fourth-order valence-corrected chi connectivity index (χ4v) is 9.31. The average molecular weight is 983 g/mol. The summed E-state index contributed by atoms with van der Waals surface area (Å²) in [7, 11) is 0. The zero-order valence-corrected chi connectivity index (χ0v) is 46.7. The van der Waals surface area contributed by atoms with Crippen LogP contribution in [0.1, 0.15) is 322 Å². The Morgan fingerprint density at radius 1 is 0.400 bits per heavy atom. The summed E-state index contributed by atoms with van der Waals surface area (Å²) < 4.78 is 5.46. The van der Waals surface area contributed by atoms with Crippen LogP contribution in [0.4, 0.5) is 0 Å². The van der Waals surface area contributed by atoms with Gasteiger partial charge in [0.2, 0.25) is 5.91 Å². The summed E-state index contributed by atoms with van der Waals surface area (Å²) in [4.78, 5) is 24.6. The minimum Gasteiger partial charge on any atom is -0.466 e. The molecule has 70 heavy (non-hydrogen) atoms. The van der Waals surface area contributed by atoms with Crippen molar-refractivity contribution in [1.29, 1.82) is 0 Å². The lowest BCUT2D eigenvalue weighted by Crippen LogP contribution is -2.45. The van der Waals surface area contributed by atoms with Crippen molar-refractivity contribution in [2.75, 3.05) is 13.2 Å². The van der Waals surface area contributed by atoms with E-state index in [9.17, 15) is 19.8 Å². The molecule has 0 aliphatic rings. The number of hydrogen-bond acceptors (Lipinski definition) is 5. The number of ether oxygens (including phenoxy) is 1. The topological polar surface area (TPSA) is 95.9 Å². The van der Waals surface area contributed by atoms with Crippen LogP contribution in [0.5, 0.6) is 0 Å². The molecular weight excluding hydrogens is 863 g/mol. The molecule has 0 radical (unpaired) electrons. The zero-order chi connectivity index (χ0) is 50.7. The predicted octanol–water partition coefficient (Wildman–Crippen LogP) is 19.4. The normalized spacial score (nSPS) is 12.9. The molecule has 0 aliphatic heterocycles. The van der Waals surface area contributed by atoms with Gasteiger partial charge in [0, 0.05) is 12.8 Å². The number of unbranched alkanes of at least 4 members (excludes halogenated alkanes) is 40. The molecule has 0 spiro atoms. The van der Waals surface area contributed by atoms with E-state index in [0.717, 1.165) is 83.5 Å². The van der Waals surface area contributed by atoms with Gasteiger partial charge in [-0.1, -0.05) is 268 Å². The molecule has 2 atom stereocenters. The van der Waals surface area contributed by atoms with Crippen molar-refractivity contribution in [3.8, 4) is 0 Å². The van der Waals surface area contributed by atoms with Gasteiger partial charge < -0.3 is 20.3 Å². The highest BCUT2D eigenvalue weighted by molar-refractivity contribution is 5.76. The maximum absolute atomic E-state index is 12.5. The Labute approximate surface area is 436 Å². The van der Waals surface area contributed by atoms with E-state index in [0.29, 0.717) is 19.4 Å². The van der Waals surface area contributed by atoms with Gasteiger partial charge in [-0.2, -0.15) is 0 Å². The summed E-state index contributed by atoms with van der Waals surface area (Å²) in [6.45, 7) is 4.86. The highest BCUT2D eigenvalue weighted by atomic mass is 16.5. The molecule has 2 unspecified atom stereocenters. The number of rotatable bonds is 57. The standard InChI is InChI=1S/C64H119NO5/c1-3-5-7-9-11-13-15-17-19-21-22-23-24-25-26-28-32-36-40-44-48-52-56-62(67)61(60-66)65-63(68)57-53-49-45-41-37-33-29-27-31-35-39-43-47-51-55-59-70-64(69)58-54-50-46-42-38-34-30-20-18-16-14-12-10-8-6-4-2/h14,16,20,30-31,35,52,56,61-62,66-67H,3-13,15,17-19,21-29,32-34,36-51,53-55,57-60H2,1-2H3,(H,65,68)/b16-14-,30-20-,35-31-,56-52+. The molecule has 0 aliphatic carbocycles. The van der Waals surface area contributed by atoms with Gasteiger partial charge in [-0.05, 0) is 89.9 Å². The molecule has 6 heteroatoms. The van der Waals surface area contributed by atoms with Gasteiger partial charge in [-0.25, -0.2) is 0 Å². The van der Waals surface area contributed by atoms with Gasteiger partial charge in [0.15, 0.2) is 0 Å². The molecule has 0 aromatic heterocycles. The van der Waals surface area contributed by atoms with E-state index in [4.69, 9.17) is 4.74 Å². The minimum absolute atomic E-state index is 0.0246. The third-order valence-corrected chi connectivity index (χ3v) is 14.1. The van der Waals surface area contributed by atoms with E-state index in [1.807, 2.05) is 6.08 Å². The number of carbonyl (C=O) groups excluding carboxylic acids is 2. The Bertz CT molecular complexity index is 1180. The van der Waals surface area contributed by atoms with Crippen LogP contribution >= 0.6 is 0 Å². The fraction of sp³-hybridized carbons (Fsp3) is 0.844. The van der Waals surface area contributed by atoms with Crippen LogP contribution < -0.4 is 5.32 Å². The molecule has 0 fully saturated rings. The number of nitrogens with one attached hydrogen (secondary N) is 1.